The Kier molecular flexibility index (Phi) is 4.33. The maximum atomic E-state index is 14.1. The van der Waals surface area contributed by atoms with Gasteiger partial charge in [-0.25, -0.2) is 18.4 Å². The quantitative estimate of drug-likeness (QED) is 0.791. The molecule has 0 saturated heterocycles. The summed E-state index contributed by atoms with van der Waals surface area (Å²) in [7, 11) is 0. The third-order valence-electron chi connectivity index (χ3n) is 5.90. The molecule has 0 spiro atoms. The molecule has 146 valence electrons. The zero-order chi connectivity index (χ0) is 19.9. The molecule has 5 nitrogen and oxygen atoms in total. The number of aliphatic carboxylic acids is 1. The molecule has 0 aromatic heterocycles. The van der Waals surface area contributed by atoms with E-state index in [0.29, 0.717) is 19.3 Å². The third-order valence-corrected chi connectivity index (χ3v) is 5.90. The fraction of sp³-hybridized carbons (Fsp3) is 0.333. The molecule has 3 aliphatic rings. The number of hydrogen-bond acceptors (Lipinski definition) is 3. The predicted octanol–water partition coefficient (Wildman–Crippen LogP) is 3.77. The standard InChI is InChI=1S/C21H19F2NO4/c22-14-7-4-8-15(23)16(14)20-10-21(11-20,12-20)17(18(25)26)24-19(27)28-9-13-5-2-1-3-6-13/h1-8,17H,9-12H2,(H,24,27)(H,25,26). The van der Waals surface area contributed by atoms with Crippen molar-refractivity contribution in [3.8, 4) is 0 Å². The monoisotopic (exact) mass is 387 g/mol. The molecule has 7 heteroatoms. The second-order valence-corrected chi connectivity index (χ2v) is 7.75. The Balaban J connectivity index is 1.41. The van der Waals surface area contributed by atoms with Crippen molar-refractivity contribution < 1.29 is 28.2 Å². The fourth-order valence-electron chi connectivity index (χ4n) is 4.80. The first-order valence-electron chi connectivity index (χ1n) is 9.00. The van der Waals surface area contributed by atoms with Crippen molar-refractivity contribution in [1.29, 1.82) is 0 Å². The number of alkyl carbamates (subject to hydrolysis) is 1. The van der Waals surface area contributed by atoms with Gasteiger partial charge in [-0.2, -0.15) is 0 Å². The minimum Gasteiger partial charge on any atom is -0.480 e. The highest BCUT2D eigenvalue weighted by molar-refractivity contribution is 5.82. The van der Waals surface area contributed by atoms with Gasteiger partial charge in [0.05, 0.1) is 0 Å². The molecular formula is C21H19F2NO4. The summed E-state index contributed by atoms with van der Waals surface area (Å²) in [5, 5.41) is 12.0. The van der Waals surface area contributed by atoms with Gasteiger partial charge in [-0.15, -0.1) is 0 Å². The van der Waals surface area contributed by atoms with E-state index < -0.39 is 40.6 Å². The molecule has 0 radical (unpaired) electrons. The summed E-state index contributed by atoms with van der Waals surface area (Å²) in [6.07, 6.45) is 0.113. The van der Waals surface area contributed by atoms with Crippen LogP contribution in [0.4, 0.5) is 13.6 Å². The molecule has 3 aliphatic carbocycles. The second kappa shape index (κ2) is 6.58. The summed E-state index contributed by atoms with van der Waals surface area (Å²) in [4.78, 5) is 23.8. The lowest BCUT2D eigenvalue weighted by Gasteiger charge is -2.72. The summed E-state index contributed by atoms with van der Waals surface area (Å²) in [6.45, 7) is 0.0242. The predicted molar refractivity (Wildman–Crippen MR) is 95.5 cm³/mol. The lowest BCUT2D eigenvalue weighted by atomic mass is 9.31. The van der Waals surface area contributed by atoms with Crippen molar-refractivity contribution in [2.24, 2.45) is 5.41 Å². The van der Waals surface area contributed by atoms with Crippen LogP contribution in [0, 0.1) is 17.0 Å². The lowest BCUT2D eigenvalue weighted by molar-refractivity contribution is -0.184. The van der Waals surface area contributed by atoms with Gasteiger partial charge in [-0.1, -0.05) is 36.4 Å². The van der Waals surface area contributed by atoms with Gasteiger partial charge in [0.2, 0.25) is 0 Å². The van der Waals surface area contributed by atoms with E-state index in [0.717, 1.165) is 5.56 Å². The Morgan fingerprint density at radius 3 is 2.21 bits per heavy atom. The highest BCUT2D eigenvalue weighted by Crippen LogP contribution is 2.75. The van der Waals surface area contributed by atoms with Gasteiger partial charge in [0, 0.05) is 16.4 Å². The van der Waals surface area contributed by atoms with E-state index in [4.69, 9.17) is 4.74 Å². The molecule has 2 bridgehead atoms. The number of carbonyl (C=O) groups is 2. The number of ether oxygens (including phenoxy) is 1. The number of amides is 1. The third kappa shape index (κ3) is 2.91. The Morgan fingerprint density at radius 2 is 1.64 bits per heavy atom. The Labute approximate surface area is 160 Å². The van der Waals surface area contributed by atoms with Crippen LogP contribution >= 0.6 is 0 Å². The number of carboxylic acid groups (broad SMARTS) is 1. The van der Waals surface area contributed by atoms with Crippen LogP contribution in [0.15, 0.2) is 48.5 Å². The van der Waals surface area contributed by atoms with Gasteiger partial charge in [-0.05, 0) is 37.0 Å². The smallest absolute Gasteiger partial charge is 0.408 e. The first-order valence-corrected chi connectivity index (χ1v) is 9.00. The molecule has 1 atom stereocenters. The molecule has 5 rings (SSSR count). The summed E-state index contributed by atoms with van der Waals surface area (Å²) >= 11 is 0. The highest BCUT2D eigenvalue weighted by Gasteiger charge is 2.73. The van der Waals surface area contributed by atoms with E-state index in [1.165, 1.54) is 18.2 Å². The van der Waals surface area contributed by atoms with Crippen LogP contribution in [-0.4, -0.2) is 23.2 Å². The van der Waals surface area contributed by atoms with E-state index in [2.05, 4.69) is 5.32 Å². The van der Waals surface area contributed by atoms with Crippen LogP contribution in [0.1, 0.15) is 30.4 Å². The summed E-state index contributed by atoms with van der Waals surface area (Å²) in [5.74, 6) is -2.41. The SMILES string of the molecule is O=C(NC(C(=O)O)C12CC(c3c(F)cccc3F)(C1)C2)OCc1ccccc1. The van der Waals surface area contributed by atoms with Gasteiger partial charge in [0.25, 0.3) is 0 Å². The average Bonchev–Trinajstić information content (AvgIpc) is 2.60. The molecule has 0 aliphatic heterocycles. The van der Waals surface area contributed by atoms with E-state index in [1.54, 1.807) is 24.3 Å². The van der Waals surface area contributed by atoms with Crippen LogP contribution in [0.3, 0.4) is 0 Å². The molecule has 28 heavy (non-hydrogen) atoms. The van der Waals surface area contributed by atoms with Crippen molar-refractivity contribution in [3.05, 3.63) is 71.3 Å². The average molecular weight is 387 g/mol. The number of halogens is 2. The number of carbonyl (C=O) groups excluding carboxylic acids is 1. The van der Waals surface area contributed by atoms with Crippen LogP contribution in [-0.2, 0) is 21.6 Å². The summed E-state index contributed by atoms with van der Waals surface area (Å²) in [5.41, 5.74) is -0.581. The van der Waals surface area contributed by atoms with Crippen molar-refractivity contribution in [1.82, 2.24) is 5.32 Å². The summed E-state index contributed by atoms with van der Waals surface area (Å²) in [6, 6.07) is 11.6. The first kappa shape index (κ1) is 18.4. The molecular weight excluding hydrogens is 368 g/mol. The van der Waals surface area contributed by atoms with Gasteiger partial charge in [-0.3, -0.25) is 0 Å². The Morgan fingerprint density at radius 1 is 1.04 bits per heavy atom. The largest absolute Gasteiger partial charge is 0.480 e. The number of nitrogens with one attached hydrogen (secondary N) is 1. The number of benzene rings is 2. The maximum Gasteiger partial charge on any atom is 0.408 e. The number of hydrogen-bond donors (Lipinski definition) is 2. The Bertz CT molecular complexity index is 891. The molecule has 2 aromatic rings. The minimum absolute atomic E-state index is 0.0210. The molecule has 3 saturated carbocycles. The first-order chi connectivity index (χ1) is 13.4. The Hall–Kier alpha value is -2.96. The summed E-state index contributed by atoms with van der Waals surface area (Å²) < 4.78 is 33.3. The van der Waals surface area contributed by atoms with Crippen LogP contribution < -0.4 is 5.32 Å². The van der Waals surface area contributed by atoms with Crippen molar-refractivity contribution >= 4 is 12.1 Å². The molecule has 1 unspecified atom stereocenters. The molecule has 0 heterocycles. The van der Waals surface area contributed by atoms with Crippen LogP contribution in [0.2, 0.25) is 0 Å². The normalized spacial score (nSPS) is 25.8. The molecule has 2 N–H and O–H groups in total. The topological polar surface area (TPSA) is 75.6 Å². The molecule has 1 amide bonds. The van der Waals surface area contributed by atoms with E-state index in [1.807, 2.05) is 6.07 Å². The van der Waals surface area contributed by atoms with E-state index >= 15 is 0 Å². The van der Waals surface area contributed by atoms with Gasteiger partial charge < -0.3 is 15.2 Å². The van der Waals surface area contributed by atoms with Crippen molar-refractivity contribution in [2.75, 3.05) is 0 Å². The van der Waals surface area contributed by atoms with E-state index in [-0.39, 0.29) is 12.2 Å². The lowest BCUT2D eigenvalue weighted by Crippen LogP contribution is -2.74. The van der Waals surface area contributed by atoms with Crippen molar-refractivity contribution in [2.45, 2.75) is 37.3 Å². The number of carboxylic acids is 1. The van der Waals surface area contributed by atoms with Gasteiger partial charge in [0.1, 0.15) is 24.3 Å². The highest BCUT2D eigenvalue weighted by atomic mass is 19.1. The maximum absolute atomic E-state index is 14.1. The second-order valence-electron chi connectivity index (χ2n) is 7.75. The van der Waals surface area contributed by atoms with E-state index in [9.17, 15) is 23.5 Å². The molecule has 3 fully saturated rings. The number of rotatable bonds is 6. The van der Waals surface area contributed by atoms with Crippen molar-refractivity contribution in [3.63, 3.8) is 0 Å². The van der Waals surface area contributed by atoms with Gasteiger partial charge >= 0.3 is 12.1 Å². The zero-order valence-corrected chi connectivity index (χ0v) is 15.0. The van der Waals surface area contributed by atoms with Crippen LogP contribution in [0.25, 0.3) is 0 Å². The molecule has 2 aromatic carbocycles. The minimum atomic E-state index is -1.18. The zero-order valence-electron chi connectivity index (χ0n) is 15.0. The van der Waals surface area contributed by atoms with Crippen LogP contribution in [0.5, 0.6) is 0 Å². The van der Waals surface area contributed by atoms with Gasteiger partial charge in [0.15, 0.2) is 0 Å². The fourth-order valence-corrected chi connectivity index (χ4v) is 4.80.